The minimum atomic E-state index is -1.10. The maximum atomic E-state index is 12.9. The molecule has 0 fully saturated rings. The SMILES string of the molecule is CC(C)[C@H](NC(=O)OC(C)(C)C)C(=O)N[C@@H](CCC(=O)O)C(=O)Nc1ccc(CBr)cc1. The lowest BCUT2D eigenvalue weighted by molar-refractivity contribution is -0.137. The van der Waals surface area contributed by atoms with E-state index < -0.39 is 41.6 Å². The summed E-state index contributed by atoms with van der Waals surface area (Å²) >= 11 is 3.35. The number of rotatable bonds is 10. The number of ether oxygens (including phenoxy) is 1. The topological polar surface area (TPSA) is 134 Å². The number of carboxylic acids is 1. The molecule has 0 saturated heterocycles. The van der Waals surface area contributed by atoms with Gasteiger partial charge in [0.2, 0.25) is 11.8 Å². The second-order valence-electron chi connectivity index (χ2n) is 8.68. The summed E-state index contributed by atoms with van der Waals surface area (Å²) in [4.78, 5) is 48.8. The van der Waals surface area contributed by atoms with E-state index in [4.69, 9.17) is 9.84 Å². The number of hydrogen-bond acceptors (Lipinski definition) is 5. The van der Waals surface area contributed by atoms with E-state index in [0.29, 0.717) is 11.0 Å². The molecule has 10 heteroatoms. The van der Waals surface area contributed by atoms with Gasteiger partial charge in [0.1, 0.15) is 17.7 Å². The van der Waals surface area contributed by atoms with Gasteiger partial charge in [-0.3, -0.25) is 14.4 Å². The van der Waals surface area contributed by atoms with Crippen LogP contribution in [0.5, 0.6) is 0 Å². The number of hydrogen-bond donors (Lipinski definition) is 4. The predicted octanol–water partition coefficient (Wildman–Crippen LogP) is 3.42. The summed E-state index contributed by atoms with van der Waals surface area (Å²) in [5.41, 5.74) is 0.796. The van der Waals surface area contributed by atoms with Crippen LogP contribution in [0, 0.1) is 5.92 Å². The van der Waals surface area contributed by atoms with Crippen LogP contribution in [0.25, 0.3) is 0 Å². The van der Waals surface area contributed by atoms with Crippen molar-refractivity contribution in [3.63, 3.8) is 0 Å². The van der Waals surface area contributed by atoms with Gasteiger partial charge in [-0.2, -0.15) is 0 Å². The number of carbonyl (C=O) groups excluding carboxylic acids is 3. The van der Waals surface area contributed by atoms with Gasteiger partial charge in [-0.25, -0.2) is 4.79 Å². The largest absolute Gasteiger partial charge is 0.481 e. The molecule has 0 spiro atoms. The van der Waals surface area contributed by atoms with Crippen molar-refractivity contribution in [1.29, 1.82) is 0 Å². The zero-order chi connectivity index (χ0) is 24.5. The van der Waals surface area contributed by atoms with Crippen LogP contribution in [0.3, 0.4) is 0 Å². The van der Waals surface area contributed by atoms with Crippen molar-refractivity contribution >= 4 is 45.5 Å². The van der Waals surface area contributed by atoms with Crippen molar-refractivity contribution in [2.45, 2.75) is 70.5 Å². The number of alkyl carbamates (subject to hydrolysis) is 1. The fourth-order valence-corrected chi connectivity index (χ4v) is 3.05. The van der Waals surface area contributed by atoms with Crippen LogP contribution in [0.4, 0.5) is 10.5 Å². The number of halogens is 1. The lowest BCUT2D eigenvalue weighted by Crippen LogP contribution is -2.55. The number of nitrogens with one attached hydrogen (secondary N) is 3. The summed E-state index contributed by atoms with van der Waals surface area (Å²) in [6, 6.07) is 5.01. The molecule has 1 aromatic carbocycles. The maximum Gasteiger partial charge on any atom is 0.408 e. The third-order valence-electron chi connectivity index (χ3n) is 4.28. The fraction of sp³-hybridized carbons (Fsp3) is 0.545. The number of amides is 3. The molecule has 0 saturated carbocycles. The highest BCUT2D eigenvalue weighted by Gasteiger charge is 2.30. The van der Waals surface area contributed by atoms with Crippen LogP contribution in [0.15, 0.2) is 24.3 Å². The molecule has 0 aromatic heterocycles. The summed E-state index contributed by atoms with van der Waals surface area (Å²) in [6.07, 6.45) is -1.18. The third kappa shape index (κ3) is 10.1. The van der Waals surface area contributed by atoms with Crippen LogP contribution in [-0.2, 0) is 24.5 Å². The molecule has 0 aliphatic carbocycles. The Bertz CT molecular complexity index is 805. The fourth-order valence-electron chi connectivity index (χ4n) is 2.67. The molecule has 1 rings (SSSR count). The molecule has 0 unspecified atom stereocenters. The Labute approximate surface area is 196 Å². The van der Waals surface area contributed by atoms with Crippen molar-refractivity contribution in [3.8, 4) is 0 Å². The van der Waals surface area contributed by atoms with Crippen LogP contribution < -0.4 is 16.0 Å². The summed E-state index contributed by atoms with van der Waals surface area (Å²) < 4.78 is 5.21. The highest BCUT2D eigenvalue weighted by molar-refractivity contribution is 9.08. The molecule has 32 heavy (non-hydrogen) atoms. The van der Waals surface area contributed by atoms with Gasteiger partial charge in [0, 0.05) is 17.4 Å². The molecular formula is C22H32BrN3O6. The second kappa shape index (κ2) is 12.4. The van der Waals surface area contributed by atoms with Crippen LogP contribution in [0.2, 0.25) is 0 Å². The molecule has 0 radical (unpaired) electrons. The Morgan fingerprint density at radius 1 is 1.03 bits per heavy atom. The average molecular weight is 514 g/mol. The van der Waals surface area contributed by atoms with Gasteiger partial charge >= 0.3 is 12.1 Å². The minimum absolute atomic E-state index is 0.107. The first-order chi connectivity index (χ1) is 14.8. The van der Waals surface area contributed by atoms with Crippen molar-refractivity contribution in [1.82, 2.24) is 10.6 Å². The molecular weight excluding hydrogens is 482 g/mol. The van der Waals surface area contributed by atoms with E-state index in [0.717, 1.165) is 5.56 Å². The first kappa shape index (κ1) is 27.4. The van der Waals surface area contributed by atoms with Gasteiger partial charge in [-0.15, -0.1) is 0 Å². The lowest BCUT2D eigenvalue weighted by atomic mass is 10.0. The summed E-state index contributed by atoms with van der Waals surface area (Å²) in [5, 5.41) is 17.5. The number of anilines is 1. The highest BCUT2D eigenvalue weighted by atomic mass is 79.9. The minimum Gasteiger partial charge on any atom is -0.481 e. The average Bonchev–Trinajstić information content (AvgIpc) is 2.67. The monoisotopic (exact) mass is 513 g/mol. The number of carboxylic acid groups (broad SMARTS) is 1. The smallest absolute Gasteiger partial charge is 0.408 e. The van der Waals surface area contributed by atoms with Crippen molar-refractivity contribution in [2.24, 2.45) is 5.92 Å². The summed E-state index contributed by atoms with van der Waals surface area (Å²) in [5.74, 6) is -2.55. The van der Waals surface area contributed by atoms with Crippen molar-refractivity contribution in [2.75, 3.05) is 5.32 Å². The number of benzene rings is 1. The Kier molecular flexibility index (Phi) is 10.6. The molecule has 4 N–H and O–H groups in total. The van der Waals surface area contributed by atoms with Gasteiger partial charge in [-0.1, -0.05) is 41.9 Å². The molecule has 0 aliphatic rings. The van der Waals surface area contributed by atoms with E-state index in [9.17, 15) is 19.2 Å². The van der Waals surface area contributed by atoms with Crippen LogP contribution >= 0.6 is 15.9 Å². The maximum absolute atomic E-state index is 12.9. The molecule has 9 nitrogen and oxygen atoms in total. The van der Waals surface area contributed by atoms with Crippen LogP contribution in [-0.4, -0.2) is 46.7 Å². The number of alkyl halides is 1. The van der Waals surface area contributed by atoms with E-state index in [1.807, 2.05) is 12.1 Å². The zero-order valence-electron chi connectivity index (χ0n) is 19.0. The first-order valence-corrected chi connectivity index (χ1v) is 11.4. The summed E-state index contributed by atoms with van der Waals surface area (Å²) in [6.45, 7) is 8.58. The van der Waals surface area contributed by atoms with E-state index in [1.165, 1.54) is 0 Å². The second-order valence-corrected chi connectivity index (χ2v) is 9.24. The van der Waals surface area contributed by atoms with Crippen molar-refractivity contribution in [3.05, 3.63) is 29.8 Å². The predicted molar refractivity (Wildman–Crippen MR) is 124 cm³/mol. The molecule has 0 bridgehead atoms. The molecule has 1 aromatic rings. The Hall–Kier alpha value is -2.62. The Balaban J connectivity index is 2.93. The zero-order valence-corrected chi connectivity index (χ0v) is 20.6. The van der Waals surface area contributed by atoms with Gasteiger partial charge < -0.3 is 25.8 Å². The number of aliphatic carboxylic acids is 1. The molecule has 178 valence electrons. The van der Waals surface area contributed by atoms with E-state index >= 15 is 0 Å². The third-order valence-corrected chi connectivity index (χ3v) is 4.92. The standard InChI is InChI=1S/C22H32BrN3O6/c1-13(2)18(26-21(31)32-22(3,4)5)20(30)25-16(10-11-17(27)28)19(29)24-15-8-6-14(12-23)7-9-15/h6-9,13,16,18H,10-12H2,1-5H3,(H,24,29)(H,25,30)(H,26,31)(H,27,28)/t16-,18-/m0/s1. The van der Waals surface area contributed by atoms with Gasteiger partial charge in [0.05, 0.1) is 0 Å². The summed E-state index contributed by atoms with van der Waals surface area (Å²) in [7, 11) is 0. The Morgan fingerprint density at radius 2 is 1.62 bits per heavy atom. The van der Waals surface area contributed by atoms with Crippen LogP contribution in [0.1, 0.15) is 53.0 Å². The molecule has 2 atom stereocenters. The van der Waals surface area contributed by atoms with Gasteiger partial charge in [-0.05, 0) is 50.8 Å². The van der Waals surface area contributed by atoms with E-state index in [1.54, 1.807) is 46.8 Å². The molecule has 0 aliphatic heterocycles. The quantitative estimate of drug-likeness (QED) is 0.354. The normalized spacial score (nSPS) is 13.1. The first-order valence-electron chi connectivity index (χ1n) is 10.3. The van der Waals surface area contributed by atoms with E-state index in [-0.39, 0.29) is 18.8 Å². The highest BCUT2D eigenvalue weighted by Crippen LogP contribution is 2.14. The van der Waals surface area contributed by atoms with Gasteiger partial charge in [0.25, 0.3) is 0 Å². The lowest BCUT2D eigenvalue weighted by Gasteiger charge is -2.27. The van der Waals surface area contributed by atoms with Crippen molar-refractivity contribution < 1.29 is 29.0 Å². The molecule has 0 heterocycles. The Morgan fingerprint density at radius 3 is 2.09 bits per heavy atom. The number of carbonyl (C=O) groups is 4. The molecule has 3 amide bonds. The van der Waals surface area contributed by atoms with Gasteiger partial charge in [0.15, 0.2) is 0 Å². The van der Waals surface area contributed by atoms with E-state index in [2.05, 4.69) is 31.9 Å².